The van der Waals surface area contributed by atoms with Gasteiger partial charge in [0, 0.05) is 17.7 Å². The molecule has 0 heterocycles. The third-order valence-corrected chi connectivity index (χ3v) is 4.40. The second-order valence-corrected chi connectivity index (χ2v) is 6.20. The molecule has 1 atom stereocenters. The van der Waals surface area contributed by atoms with E-state index >= 15 is 0 Å². The number of ketones is 1. The van der Waals surface area contributed by atoms with Crippen molar-refractivity contribution in [2.45, 2.75) is 31.2 Å². The number of hydrogen-bond acceptors (Lipinski definition) is 4. The molecular formula is C14H17NO5S. The van der Waals surface area contributed by atoms with Crippen LogP contribution >= 0.6 is 0 Å². The van der Waals surface area contributed by atoms with Crippen LogP contribution in [0.4, 0.5) is 0 Å². The molecule has 0 aliphatic heterocycles. The van der Waals surface area contributed by atoms with Crippen LogP contribution in [0.15, 0.2) is 41.3 Å². The molecule has 6 nitrogen and oxygen atoms in total. The number of sulfonamides is 1. The summed E-state index contributed by atoms with van der Waals surface area (Å²) in [4.78, 5) is 22.0. The molecule has 1 aromatic carbocycles. The second-order valence-electron chi connectivity index (χ2n) is 4.49. The van der Waals surface area contributed by atoms with E-state index in [1.165, 1.54) is 24.3 Å². The van der Waals surface area contributed by atoms with Crippen molar-refractivity contribution in [3.63, 3.8) is 0 Å². The molecule has 1 unspecified atom stereocenters. The number of rotatable bonds is 7. The Balaban J connectivity index is 2.92. The van der Waals surface area contributed by atoms with Crippen molar-refractivity contribution in [1.82, 2.24) is 4.72 Å². The topological polar surface area (TPSA) is 101 Å². The van der Waals surface area contributed by atoms with Crippen molar-refractivity contribution in [2.24, 2.45) is 0 Å². The lowest BCUT2D eigenvalue weighted by molar-refractivity contribution is -0.131. The molecule has 1 aromatic rings. The number of hydrogen-bond donors (Lipinski definition) is 2. The van der Waals surface area contributed by atoms with Crippen molar-refractivity contribution in [1.29, 1.82) is 0 Å². The summed E-state index contributed by atoms with van der Waals surface area (Å²) >= 11 is 0. The zero-order valence-corrected chi connectivity index (χ0v) is 12.6. The zero-order chi connectivity index (χ0) is 16.0. The lowest BCUT2D eigenvalue weighted by Gasteiger charge is -2.12. The standard InChI is InChI=1S/C14H17NO5S/c1-3-10(2)15-21(19,20)12-6-4-11(5-7-12)13(16)8-9-14(17)18/h4-10,15H,3H2,1-2H3,(H,17,18)/b9-8+. The Kier molecular flexibility index (Phi) is 5.80. The van der Waals surface area contributed by atoms with Gasteiger partial charge in [-0.05, 0) is 43.7 Å². The third kappa shape index (κ3) is 5.13. The van der Waals surface area contributed by atoms with Crippen molar-refractivity contribution in [3.05, 3.63) is 42.0 Å². The fraction of sp³-hybridized carbons (Fsp3) is 0.286. The minimum absolute atomic E-state index is 0.0570. The van der Waals surface area contributed by atoms with Gasteiger partial charge in [-0.2, -0.15) is 0 Å². The van der Waals surface area contributed by atoms with Crippen molar-refractivity contribution in [2.75, 3.05) is 0 Å². The summed E-state index contributed by atoms with van der Waals surface area (Å²) in [5.74, 6) is -1.73. The number of benzene rings is 1. The summed E-state index contributed by atoms with van der Waals surface area (Å²) in [6.07, 6.45) is 2.32. The van der Waals surface area contributed by atoms with Gasteiger partial charge < -0.3 is 5.11 Å². The second kappa shape index (κ2) is 7.14. The predicted octanol–water partition coefficient (Wildman–Crippen LogP) is 1.59. The molecule has 0 spiro atoms. The maximum atomic E-state index is 12.0. The van der Waals surface area contributed by atoms with Gasteiger partial charge in [0.15, 0.2) is 5.78 Å². The van der Waals surface area contributed by atoms with Crippen LogP contribution in [0.2, 0.25) is 0 Å². The number of aliphatic carboxylic acids is 1. The van der Waals surface area contributed by atoms with Gasteiger partial charge in [-0.25, -0.2) is 17.9 Å². The van der Waals surface area contributed by atoms with Gasteiger partial charge in [0.25, 0.3) is 0 Å². The number of allylic oxidation sites excluding steroid dienone is 1. The monoisotopic (exact) mass is 311 g/mol. The Morgan fingerprint density at radius 1 is 1.24 bits per heavy atom. The lowest BCUT2D eigenvalue weighted by Crippen LogP contribution is -2.31. The SMILES string of the molecule is CCC(C)NS(=O)(=O)c1ccc(C(=O)/C=C/C(=O)O)cc1. The highest BCUT2D eigenvalue weighted by Gasteiger charge is 2.16. The van der Waals surface area contributed by atoms with E-state index in [0.29, 0.717) is 6.42 Å². The average molecular weight is 311 g/mol. The molecule has 0 bridgehead atoms. The Hall–Kier alpha value is -1.99. The van der Waals surface area contributed by atoms with Crippen LogP contribution in [0.5, 0.6) is 0 Å². The van der Waals surface area contributed by atoms with E-state index in [0.717, 1.165) is 12.2 Å². The molecule has 7 heteroatoms. The van der Waals surface area contributed by atoms with Crippen molar-refractivity contribution in [3.8, 4) is 0 Å². The highest BCUT2D eigenvalue weighted by Crippen LogP contribution is 2.12. The van der Waals surface area contributed by atoms with E-state index in [9.17, 15) is 18.0 Å². The number of carbonyl (C=O) groups is 2. The first-order valence-electron chi connectivity index (χ1n) is 6.34. The van der Waals surface area contributed by atoms with E-state index in [1.54, 1.807) is 6.92 Å². The summed E-state index contributed by atoms with van der Waals surface area (Å²) in [7, 11) is -3.61. The average Bonchev–Trinajstić information content (AvgIpc) is 2.44. The number of carboxylic acid groups (broad SMARTS) is 1. The van der Waals surface area contributed by atoms with Crippen LogP contribution < -0.4 is 4.72 Å². The number of carboxylic acids is 1. The normalized spacial score (nSPS) is 13.2. The van der Waals surface area contributed by atoms with Crippen LogP contribution in [-0.2, 0) is 14.8 Å². The van der Waals surface area contributed by atoms with E-state index in [-0.39, 0.29) is 16.5 Å². The molecule has 1 rings (SSSR count). The fourth-order valence-electron chi connectivity index (χ4n) is 1.46. The van der Waals surface area contributed by atoms with Crippen molar-refractivity contribution >= 4 is 21.8 Å². The minimum atomic E-state index is -3.61. The first-order chi connectivity index (χ1) is 9.76. The Morgan fingerprint density at radius 3 is 2.29 bits per heavy atom. The molecule has 0 fully saturated rings. The molecule has 2 N–H and O–H groups in total. The van der Waals surface area contributed by atoms with Gasteiger partial charge in [0.05, 0.1) is 4.90 Å². The van der Waals surface area contributed by atoms with E-state index in [2.05, 4.69) is 4.72 Å². The third-order valence-electron chi connectivity index (χ3n) is 2.80. The summed E-state index contributed by atoms with van der Waals surface area (Å²) in [6, 6.07) is 5.13. The molecule has 0 amide bonds. The Bertz CT molecular complexity index is 646. The molecule has 0 aromatic heterocycles. The van der Waals surface area contributed by atoms with Crippen LogP contribution in [0.3, 0.4) is 0 Å². The molecule has 21 heavy (non-hydrogen) atoms. The Morgan fingerprint density at radius 2 is 1.81 bits per heavy atom. The first-order valence-corrected chi connectivity index (χ1v) is 7.82. The smallest absolute Gasteiger partial charge is 0.328 e. The summed E-state index contributed by atoms with van der Waals surface area (Å²) < 4.78 is 26.5. The minimum Gasteiger partial charge on any atom is -0.478 e. The number of nitrogens with one attached hydrogen (secondary N) is 1. The Labute approximate surface area is 123 Å². The van der Waals surface area contributed by atoms with Gasteiger partial charge in [-0.3, -0.25) is 4.79 Å². The summed E-state index contributed by atoms with van der Waals surface area (Å²) in [5.41, 5.74) is 0.218. The fourth-order valence-corrected chi connectivity index (χ4v) is 2.78. The van der Waals surface area contributed by atoms with Gasteiger partial charge >= 0.3 is 5.97 Å². The molecule has 114 valence electrons. The van der Waals surface area contributed by atoms with E-state index < -0.39 is 21.8 Å². The van der Waals surface area contributed by atoms with Crippen molar-refractivity contribution < 1.29 is 23.1 Å². The molecule has 0 saturated heterocycles. The maximum absolute atomic E-state index is 12.0. The first kappa shape index (κ1) is 17.1. The van der Waals surface area contributed by atoms with Gasteiger partial charge in [-0.1, -0.05) is 6.92 Å². The molecule has 0 radical (unpaired) electrons. The molecular weight excluding hydrogens is 294 g/mol. The lowest BCUT2D eigenvalue weighted by atomic mass is 10.1. The highest BCUT2D eigenvalue weighted by molar-refractivity contribution is 7.89. The van der Waals surface area contributed by atoms with Crippen LogP contribution in [0, 0.1) is 0 Å². The van der Waals surface area contributed by atoms with Crippen LogP contribution in [0.1, 0.15) is 30.6 Å². The van der Waals surface area contributed by atoms with E-state index in [1.807, 2.05) is 6.92 Å². The molecule has 0 saturated carbocycles. The zero-order valence-electron chi connectivity index (χ0n) is 11.7. The predicted molar refractivity (Wildman–Crippen MR) is 77.6 cm³/mol. The van der Waals surface area contributed by atoms with Crippen LogP contribution in [-0.4, -0.2) is 31.3 Å². The van der Waals surface area contributed by atoms with Gasteiger partial charge in [0.1, 0.15) is 0 Å². The van der Waals surface area contributed by atoms with Gasteiger partial charge in [0.2, 0.25) is 10.0 Å². The molecule has 0 aliphatic rings. The largest absolute Gasteiger partial charge is 0.478 e. The van der Waals surface area contributed by atoms with Gasteiger partial charge in [-0.15, -0.1) is 0 Å². The quantitative estimate of drug-likeness (QED) is 0.588. The number of carbonyl (C=O) groups excluding carboxylic acids is 1. The van der Waals surface area contributed by atoms with Crippen LogP contribution in [0.25, 0.3) is 0 Å². The highest BCUT2D eigenvalue weighted by atomic mass is 32.2. The molecule has 0 aliphatic carbocycles. The summed E-state index contributed by atoms with van der Waals surface area (Å²) in [5, 5.41) is 8.44. The summed E-state index contributed by atoms with van der Waals surface area (Å²) in [6.45, 7) is 3.62. The van der Waals surface area contributed by atoms with E-state index in [4.69, 9.17) is 5.11 Å². The maximum Gasteiger partial charge on any atom is 0.328 e.